The second-order valence-corrected chi connectivity index (χ2v) is 7.16. The van der Waals surface area contributed by atoms with Gasteiger partial charge in [0.25, 0.3) is 5.91 Å². The largest absolute Gasteiger partial charge is 0.350 e. The van der Waals surface area contributed by atoms with Gasteiger partial charge in [-0.25, -0.2) is 9.37 Å². The summed E-state index contributed by atoms with van der Waals surface area (Å²) in [5.74, 6) is -0.801. The first-order valence-electron chi connectivity index (χ1n) is 8.87. The van der Waals surface area contributed by atoms with Gasteiger partial charge >= 0.3 is 0 Å². The highest BCUT2D eigenvalue weighted by Crippen LogP contribution is 2.18. The van der Waals surface area contributed by atoms with Crippen LogP contribution in [0, 0.1) is 5.82 Å². The molecule has 1 heterocycles. The van der Waals surface area contributed by atoms with Crippen molar-refractivity contribution in [1.82, 2.24) is 10.3 Å². The second-order valence-electron chi connectivity index (χ2n) is 6.30. The van der Waals surface area contributed by atoms with Crippen LogP contribution in [0.5, 0.6) is 0 Å². The molecule has 5 nitrogen and oxygen atoms in total. The third-order valence-corrected chi connectivity index (χ3v) is 4.97. The molecule has 0 fully saturated rings. The molecule has 3 rings (SSSR count). The molecule has 144 valence electrons. The van der Waals surface area contributed by atoms with Crippen molar-refractivity contribution in [3.05, 3.63) is 82.6 Å². The molecule has 0 radical (unpaired) electrons. The number of nitrogens with one attached hydrogen (secondary N) is 2. The van der Waals surface area contributed by atoms with E-state index in [9.17, 15) is 14.0 Å². The van der Waals surface area contributed by atoms with Crippen molar-refractivity contribution in [2.24, 2.45) is 0 Å². The van der Waals surface area contributed by atoms with Crippen molar-refractivity contribution in [3.8, 4) is 0 Å². The van der Waals surface area contributed by atoms with Crippen molar-refractivity contribution in [1.29, 1.82) is 0 Å². The summed E-state index contributed by atoms with van der Waals surface area (Å²) in [6.45, 7) is 1.94. The molecule has 0 aliphatic carbocycles. The Bertz CT molecular complexity index is 942. The third-order valence-electron chi connectivity index (χ3n) is 4.16. The summed E-state index contributed by atoms with van der Waals surface area (Å²) in [5.41, 5.74) is 2.14. The molecule has 2 aromatic carbocycles. The first-order valence-corrected chi connectivity index (χ1v) is 9.75. The van der Waals surface area contributed by atoms with E-state index in [4.69, 9.17) is 0 Å². The third kappa shape index (κ3) is 5.47. The van der Waals surface area contributed by atoms with Gasteiger partial charge in [-0.3, -0.25) is 14.9 Å². The van der Waals surface area contributed by atoms with Crippen LogP contribution in [-0.4, -0.2) is 16.8 Å². The number of aryl methyl sites for hydroxylation is 1. The molecule has 28 heavy (non-hydrogen) atoms. The first-order chi connectivity index (χ1) is 13.5. The van der Waals surface area contributed by atoms with Crippen molar-refractivity contribution >= 4 is 28.3 Å². The normalized spacial score (nSPS) is 11.6. The molecule has 1 aromatic heterocycles. The van der Waals surface area contributed by atoms with Crippen LogP contribution >= 0.6 is 11.3 Å². The van der Waals surface area contributed by atoms with Gasteiger partial charge in [0.15, 0.2) is 5.13 Å². The van der Waals surface area contributed by atoms with Crippen LogP contribution < -0.4 is 10.6 Å². The highest BCUT2D eigenvalue weighted by Gasteiger charge is 2.12. The SMILES string of the molecule is C[C@@H](NC(=O)CCc1csc(NC(=O)c2ccc(F)cc2)n1)c1ccccc1. The quantitative estimate of drug-likeness (QED) is 0.623. The lowest BCUT2D eigenvalue weighted by Gasteiger charge is -2.13. The van der Waals surface area contributed by atoms with Gasteiger partial charge in [-0.05, 0) is 43.2 Å². The second kappa shape index (κ2) is 9.23. The van der Waals surface area contributed by atoms with E-state index in [-0.39, 0.29) is 17.9 Å². The number of nitrogens with zero attached hydrogens (tertiary/aromatic N) is 1. The Morgan fingerprint density at radius 2 is 1.82 bits per heavy atom. The number of benzene rings is 2. The lowest BCUT2D eigenvalue weighted by atomic mass is 10.1. The lowest BCUT2D eigenvalue weighted by Crippen LogP contribution is -2.26. The summed E-state index contributed by atoms with van der Waals surface area (Å²) in [4.78, 5) is 28.6. The van der Waals surface area contributed by atoms with Crippen LogP contribution in [0.4, 0.5) is 9.52 Å². The molecule has 0 aliphatic rings. The molecular weight excluding hydrogens is 377 g/mol. The summed E-state index contributed by atoms with van der Waals surface area (Å²) < 4.78 is 12.9. The highest BCUT2D eigenvalue weighted by atomic mass is 32.1. The van der Waals surface area contributed by atoms with Gasteiger partial charge < -0.3 is 5.32 Å². The molecule has 7 heteroatoms. The van der Waals surface area contributed by atoms with Gasteiger partial charge in [-0.15, -0.1) is 11.3 Å². The summed E-state index contributed by atoms with van der Waals surface area (Å²) >= 11 is 1.29. The average Bonchev–Trinajstić information content (AvgIpc) is 3.15. The Kier molecular flexibility index (Phi) is 6.49. The zero-order valence-corrected chi connectivity index (χ0v) is 16.1. The van der Waals surface area contributed by atoms with Crippen LogP contribution in [-0.2, 0) is 11.2 Å². The number of aromatic nitrogens is 1. The maximum Gasteiger partial charge on any atom is 0.257 e. The average molecular weight is 397 g/mol. The van der Waals surface area contributed by atoms with Crippen molar-refractivity contribution in [2.45, 2.75) is 25.8 Å². The summed E-state index contributed by atoms with van der Waals surface area (Å²) in [6, 6.07) is 15.0. The maximum absolute atomic E-state index is 12.9. The van der Waals surface area contributed by atoms with Gasteiger partial charge in [0.1, 0.15) is 5.82 Å². The number of hydrogen-bond donors (Lipinski definition) is 2. The topological polar surface area (TPSA) is 71.1 Å². The zero-order valence-electron chi connectivity index (χ0n) is 15.3. The molecule has 1 atom stereocenters. The van der Waals surface area contributed by atoms with E-state index >= 15 is 0 Å². The molecular formula is C21H20FN3O2S. The number of carbonyl (C=O) groups excluding carboxylic acids is 2. The number of thiazole rings is 1. The van der Waals surface area contributed by atoms with E-state index in [2.05, 4.69) is 15.6 Å². The summed E-state index contributed by atoms with van der Waals surface area (Å²) in [6.07, 6.45) is 0.794. The standard InChI is InChI=1S/C21H20FN3O2S/c1-14(15-5-3-2-4-6-15)23-19(26)12-11-18-13-28-21(24-18)25-20(27)16-7-9-17(22)10-8-16/h2-10,13-14H,11-12H2,1H3,(H,23,26)(H,24,25,27)/t14-/m1/s1. The van der Waals surface area contributed by atoms with Crippen LogP contribution in [0.1, 0.15) is 41.0 Å². The van der Waals surface area contributed by atoms with Crippen LogP contribution in [0.2, 0.25) is 0 Å². The monoisotopic (exact) mass is 397 g/mol. The van der Waals surface area contributed by atoms with Crippen molar-refractivity contribution < 1.29 is 14.0 Å². The molecule has 3 aromatic rings. The molecule has 2 N–H and O–H groups in total. The number of halogens is 1. The predicted molar refractivity (Wildman–Crippen MR) is 108 cm³/mol. The summed E-state index contributed by atoms with van der Waals surface area (Å²) in [7, 11) is 0. The molecule has 2 amide bonds. The van der Waals surface area contributed by atoms with Crippen molar-refractivity contribution in [2.75, 3.05) is 5.32 Å². The Labute approximate surface area is 166 Å². The minimum atomic E-state index is -0.395. The van der Waals surface area contributed by atoms with Gasteiger partial charge in [-0.2, -0.15) is 0 Å². The number of anilines is 1. The van der Waals surface area contributed by atoms with E-state index in [0.717, 1.165) is 11.3 Å². The molecule has 0 saturated carbocycles. The fraction of sp³-hybridized carbons (Fsp3) is 0.190. The smallest absolute Gasteiger partial charge is 0.257 e. The van der Waals surface area contributed by atoms with E-state index in [1.807, 2.05) is 42.6 Å². The van der Waals surface area contributed by atoms with Crippen molar-refractivity contribution in [3.63, 3.8) is 0 Å². The number of carbonyl (C=O) groups is 2. The zero-order chi connectivity index (χ0) is 19.9. The molecule has 0 unspecified atom stereocenters. The Hall–Kier alpha value is -3.06. The number of amides is 2. The molecule has 0 aliphatic heterocycles. The minimum Gasteiger partial charge on any atom is -0.350 e. The first kappa shape index (κ1) is 19.7. The minimum absolute atomic E-state index is 0.0544. The lowest BCUT2D eigenvalue weighted by molar-refractivity contribution is -0.121. The van der Waals surface area contributed by atoms with Gasteiger partial charge in [0.2, 0.25) is 5.91 Å². The van der Waals surface area contributed by atoms with Gasteiger partial charge in [0.05, 0.1) is 11.7 Å². The highest BCUT2D eigenvalue weighted by molar-refractivity contribution is 7.14. The summed E-state index contributed by atoms with van der Waals surface area (Å²) in [5, 5.41) is 7.91. The van der Waals surface area contributed by atoms with Gasteiger partial charge in [-0.1, -0.05) is 30.3 Å². The Morgan fingerprint density at radius 1 is 1.11 bits per heavy atom. The molecule has 0 spiro atoms. The maximum atomic E-state index is 12.9. The molecule has 0 saturated heterocycles. The van der Waals surface area contributed by atoms with Crippen LogP contribution in [0.3, 0.4) is 0 Å². The Morgan fingerprint density at radius 3 is 2.54 bits per heavy atom. The number of rotatable bonds is 7. The fourth-order valence-corrected chi connectivity index (χ4v) is 3.37. The molecule has 0 bridgehead atoms. The van der Waals surface area contributed by atoms with E-state index in [1.54, 1.807) is 0 Å². The fourth-order valence-electron chi connectivity index (χ4n) is 2.63. The van der Waals surface area contributed by atoms with Crippen LogP contribution in [0.25, 0.3) is 0 Å². The number of hydrogen-bond acceptors (Lipinski definition) is 4. The predicted octanol–water partition coefficient (Wildman–Crippen LogP) is 4.34. The van der Waals surface area contributed by atoms with E-state index < -0.39 is 5.82 Å². The van der Waals surface area contributed by atoms with Crippen LogP contribution in [0.15, 0.2) is 60.0 Å². The van der Waals surface area contributed by atoms with E-state index in [1.165, 1.54) is 35.6 Å². The van der Waals surface area contributed by atoms with Gasteiger partial charge in [0, 0.05) is 17.4 Å². The Balaban J connectivity index is 1.48. The van der Waals surface area contributed by atoms with E-state index in [0.29, 0.717) is 23.5 Å².